The Morgan fingerprint density at radius 3 is 2.74 bits per heavy atom. The highest BCUT2D eigenvalue weighted by atomic mass is 127. The molecule has 102 valence electrons. The second-order valence-corrected chi connectivity index (χ2v) is 6.92. The molecule has 0 spiro atoms. The molecule has 2 unspecified atom stereocenters. The van der Waals surface area contributed by atoms with Gasteiger partial charge in [0.05, 0.1) is 9.97 Å². The van der Waals surface area contributed by atoms with Crippen molar-refractivity contribution >= 4 is 28.5 Å². The molecule has 1 aromatic carbocycles. The topological polar surface area (TPSA) is 20.3 Å². The van der Waals surface area contributed by atoms with Gasteiger partial charge in [0, 0.05) is 11.6 Å². The SMILES string of the molecule is O=C1C(I)CC[C@@H]2CCCC(c3ccccc3F)N12. The van der Waals surface area contributed by atoms with Crippen molar-refractivity contribution in [1.29, 1.82) is 0 Å². The van der Waals surface area contributed by atoms with E-state index in [2.05, 4.69) is 22.6 Å². The highest BCUT2D eigenvalue weighted by Gasteiger charge is 2.41. The zero-order valence-corrected chi connectivity index (χ0v) is 12.8. The number of piperidine rings is 2. The lowest BCUT2D eigenvalue weighted by Gasteiger charge is -2.46. The van der Waals surface area contributed by atoms with E-state index in [1.807, 2.05) is 17.0 Å². The highest BCUT2D eigenvalue weighted by Crippen LogP contribution is 2.41. The van der Waals surface area contributed by atoms with Crippen LogP contribution in [0.25, 0.3) is 0 Å². The average Bonchev–Trinajstić information content (AvgIpc) is 2.43. The van der Waals surface area contributed by atoms with Crippen molar-refractivity contribution in [3.63, 3.8) is 0 Å². The van der Waals surface area contributed by atoms with Gasteiger partial charge in [0.15, 0.2) is 0 Å². The summed E-state index contributed by atoms with van der Waals surface area (Å²) in [6, 6.07) is 7.14. The highest BCUT2D eigenvalue weighted by molar-refractivity contribution is 14.1. The van der Waals surface area contributed by atoms with Crippen molar-refractivity contribution < 1.29 is 9.18 Å². The first kappa shape index (κ1) is 13.3. The number of carbonyl (C=O) groups excluding carboxylic acids is 1. The lowest BCUT2D eigenvalue weighted by Crippen LogP contribution is -2.52. The summed E-state index contributed by atoms with van der Waals surface area (Å²) in [6.45, 7) is 0. The molecule has 0 N–H and O–H groups in total. The minimum absolute atomic E-state index is 0.0567. The molecule has 0 radical (unpaired) electrons. The van der Waals surface area contributed by atoms with Gasteiger partial charge in [0.25, 0.3) is 0 Å². The number of amides is 1. The second-order valence-electron chi connectivity index (χ2n) is 5.41. The van der Waals surface area contributed by atoms with Gasteiger partial charge in [-0.25, -0.2) is 4.39 Å². The summed E-state index contributed by atoms with van der Waals surface area (Å²) in [5, 5.41) is 0. The van der Waals surface area contributed by atoms with Crippen LogP contribution in [-0.2, 0) is 4.79 Å². The minimum Gasteiger partial charge on any atom is -0.332 e. The molecule has 0 aromatic heterocycles. The molecular formula is C15H17FINO. The van der Waals surface area contributed by atoms with E-state index < -0.39 is 0 Å². The third kappa shape index (κ3) is 2.39. The maximum Gasteiger partial charge on any atom is 0.236 e. The standard InChI is InChI=1S/C15H17FINO/c16-12-6-2-1-5-11(12)14-7-3-4-10-8-9-13(17)15(19)18(10)14/h1-2,5-6,10,13-14H,3-4,7-9H2/t10-,13?,14?/m0/s1. The Bertz CT molecular complexity index is 493. The van der Waals surface area contributed by atoms with E-state index in [0.29, 0.717) is 11.6 Å². The molecule has 4 heteroatoms. The smallest absolute Gasteiger partial charge is 0.236 e. The molecule has 0 saturated carbocycles. The maximum atomic E-state index is 14.0. The Morgan fingerprint density at radius 1 is 1.16 bits per heavy atom. The Labute approximate surface area is 126 Å². The summed E-state index contributed by atoms with van der Waals surface area (Å²) in [5.41, 5.74) is 0.686. The van der Waals surface area contributed by atoms with E-state index in [1.165, 1.54) is 6.07 Å². The average molecular weight is 373 g/mol. The third-order valence-electron chi connectivity index (χ3n) is 4.28. The van der Waals surface area contributed by atoms with Crippen LogP contribution in [0.15, 0.2) is 24.3 Å². The van der Waals surface area contributed by atoms with Crippen LogP contribution in [0.2, 0.25) is 0 Å². The molecule has 2 nitrogen and oxygen atoms in total. The van der Waals surface area contributed by atoms with Gasteiger partial charge in [-0.15, -0.1) is 0 Å². The lowest BCUT2D eigenvalue weighted by molar-refractivity contribution is -0.140. The van der Waals surface area contributed by atoms with Crippen LogP contribution in [0.3, 0.4) is 0 Å². The fraction of sp³-hybridized carbons (Fsp3) is 0.533. The van der Waals surface area contributed by atoms with Crippen LogP contribution < -0.4 is 0 Å². The van der Waals surface area contributed by atoms with Crippen molar-refractivity contribution in [3.8, 4) is 0 Å². The third-order valence-corrected chi connectivity index (χ3v) is 5.44. The van der Waals surface area contributed by atoms with Crippen molar-refractivity contribution in [2.45, 2.75) is 48.1 Å². The molecule has 3 rings (SSSR count). The van der Waals surface area contributed by atoms with Gasteiger partial charge >= 0.3 is 0 Å². The molecule has 1 amide bonds. The van der Waals surface area contributed by atoms with E-state index >= 15 is 0 Å². The predicted molar refractivity (Wildman–Crippen MR) is 80.7 cm³/mol. The van der Waals surface area contributed by atoms with Crippen molar-refractivity contribution in [2.75, 3.05) is 0 Å². The Hall–Kier alpha value is -0.650. The summed E-state index contributed by atoms with van der Waals surface area (Å²) in [4.78, 5) is 14.4. The number of nitrogens with zero attached hydrogens (tertiary/aromatic N) is 1. The van der Waals surface area contributed by atoms with E-state index in [0.717, 1.165) is 32.1 Å². The van der Waals surface area contributed by atoms with E-state index in [9.17, 15) is 9.18 Å². The van der Waals surface area contributed by atoms with Gasteiger partial charge in [-0.2, -0.15) is 0 Å². The number of hydrogen-bond donors (Lipinski definition) is 0. The first-order valence-corrected chi connectivity index (χ1v) is 8.13. The molecule has 2 heterocycles. The van der Waals surface area contributed by atoms with E-state index in [-0.39, 0.29) is 21.7 Å². The Kier molecular flexibility index (Phi) is 3.78. The zero-order chi connectivity index (χ0) is 13.4. The second kappa shape index (κ2) is 5.38. The number of fused-ring (bicyclic) bond motifs is 1. The van der Waals surface area contributed by atoms with Gasteiger partial charge < -0.3 is 4.90 Å². The van der Waals surface area contributed by atoms with Crippen LogP contribution in [0.5, 0.6) is 0 Å². The van der Waals surface area contributed by atoms with Crippen LogP contribution in [0.4, 0.5) is 4.39 Å². The fourth-order valence-corrected chi connectivity index (χ4v) is 4.05. The van der Waals surface area contributed by atoms with E-state index in [4.69, 9.17) is 0 Å². The summed E-state index contributed by atoms with van der Waals surface area (Å²) >= 11 is 2.22. The first-order chi connectivity index (χ1) is 9.18. The van der Waals surface area contributed by atoms with Crippen LogP contribution in [-0.4, -0.2) is 20.8 Å². The summed E-state index contributed by atoms with van der Waals surface area (Å²) in [7, 11) is 0. The Morgan fingerprint density at radius 2 is 1.95 bits per heavy atom. The summed E-state index contributed by atoms with van der Waals surface area (Å²) < 4.78 is 14.1. The normalized spacial score (nSPS) is 31.2. The van der Waals surface area contributed by atoms with Gasteiger partial charge in [0.2, 0.25) is 5.91 Å². The molecule has 19 heavy (non-hydrogen) atoms. The zero-order valence-electron chi connectivity index (χ0n) is 10.7. The van der Waals surface area contributed by atoms with Crippen molar-refractivity contribution in [2.24, 2.45) is 0 Å². The largest absolute Gasteiger partial charge is 0.332 e. The van der Waals surface area contributed by atoms with Gasteiger partial charge in [-0.1, -0.05) is 40.8 Å². The molecular weight excluding hydrogens is 356 g/mol. The van der Waals surface area contributed by atoms with Crippen LogP contribution >= 0.6 is 22.6 Å². The predicted octanol–water partition coefficient (Wildman–Crippen LogP) is 3.85. The quantitative estimate of drug-likeness (QED) is 0.541. The van der Waals surface area contributed by atoms with Gasteiger partial charge in [-0.3, -0.25) is 4.79 Å². The number of carbonyl (C=O) groups is 1. The first-order valence-electron chi connectivity index (χ1n) is 6.89. The molecule has 1 aromatic rings. The fourth-order valence-electron chi connectivity index (χ4n) is 3.37. The van der Waals surface area contributed by atoms with Gasteiger partial charge in [-0.05, 0) is 38.2 Å². The molecule has 0 bridgehead atoms. The van der Waals surface area contributed by atoms with Crippen LogP contribution in [0.1, 0.15) is 43.7 Å². The van der Waals surface area contributed by atoms with E-state index in [1.54, 1.807) is 6.07 Å². The van der Waals surface area contributed by atoms with Gasteiger partial charge in [0.1, 0.15) is 5.82 Å². The summed E-state index contributed by atoms with van der Waals surface area (Å²) in [5.74, 6) is 0.0151. The minimum atomic E-state index is -0.184. The lowest BCUT2D eigenvalue weighted by atomic mass is 9.85. The molecule has 2 saturated heterocycles. The molecule has 2 fully saturated rings. The monoisotopic (exact) mass is 373 g/mol. The van der Waals surface area contributed by atoms with Crippen molar-refractivity contribution in [1.82, 2.24) is 4.90 Å². The van der Waals surface area contributed by atoms with Crippen LogP contribution in [0, 0.1) is 5.82 Å². The number of hydrogen-bond acceptors (Lipinski definition) is 1. The number of halogens is 2. The number of alkyl halides is 1. The van der Waals surface area contributed by atoms with Crippen molar-refractivity contribution in [3.05, 3.63) is 35.6 Å². The molecule has 2 aliphatic heterocycles. The number of rotatable bonds is 1. The molecule has 3 atom stereocenters. The number of benzene rings is 1. The Balaban J connectivity index is 1.96. The summed E-state index contributed by atoms with van der Waals surface area (Å²) in [6.07, 6.45) is 5.06. The maximum absolute atomic E-state index is 14.0. The molecule has 0 aliphatic carbocycles. The molecule has 2 aliphatic rings.